The van der Waals surface area contributed by atoms with Gasteiger partial charge >= 0.3 is 0 Å². The summed E-state index contributed by atoms with van der Waals surface area (Å²) < 4.78 is 1.22. The zero-order valence-corrected chi connectivity index (χ0v) is 16.6. The number of carbonyl (C=O) groups excluding carboxylic acids is 2. The molecule has 0 atom stereocenters. The summed E-state index contributed by atoms with van der Waals surface area (Å²) in [5.74, 6) is -0.588. The molecular weight excluding hydrogens is 386 g/mol. The van der Waals surface area contributed by atoms with Crippen molar-refractivity contribution in [3.8, 4) is 10.6 Å². The number of hydrogen-bond donors (Lipinski definition) is 1. The van der Waals surface area contributed by atoms with Gasteiger partial charge in [-0.05, 0) is 18.4 Å². The molecule has 2 amide bonds. The fraction of sp³-hybridized carbons (Fsp3) is 0.235. The summed E-state index contributed by atoms with van der Waals surface area (Å²) >= 11 is 2.59. The molecule has 3 rings (SSSR count). The molecule has 0 saturated carbocycles. The Morgan fingerprint density at radius 3 is 2.74 bits per heavy atom. The van der Waals surface area contributed by atoms with Gasteiger partial charge in [-0.25, -0.2) is 9.97 Å². The highest BCUT2D eigenvalue weighted by atomic mass is 32.1. The molecule has 0 spiro atoms. The lowest BCUT2D eigenvalue weighted by Crippen LogP contribution is -2.27. The molecule has 1 N–H and O–H groups in total. The Bertz CT molecular complexity index is 1040. The molecule has 140 valence electrons. The molecule has 0 aromatic carbocycles. The maximum absolute atomic E-state index is 12.2. The molecule has 0 fully saturated rings. The number of aryl methyl sites for hydroxylation is 1. The highest BCUT2D eigenvalue weighted by molar-refractivity contribution is 7.17. The van der Waals surface area contributed by atoms with E-state index in [0.717, 1.165) is 16.2 Å². The summed E-state index contributed by atoms with van der Waals surface area (Å²) in [4.78, 5) is 47.8. The largest absolute Gasteiger partial charge is 0.344 e. The fourth-order valence-electron chi connectivity index (χ4n) is 2.27. The number of amides is 2. The van der Waals surface area contributed by atoms with Crippen LogP contribution in [0.4, 0.5) is 5.13 Å². The second-order valence-electron chi connectivity index (χ2n) is 5.90. The highest BCUT2D eigenvalue weighted by Crippen LogP contribution is 2.23. The van der Waals surface area contributed by atoms with Crippen LogP contribution < -0.4 is 10.9 Å². The highest BCUT2D eigenvalue weighted by Gasteiger charge is 2.18. The number of anilines is 1. The molecule has 0 unspecified atom stereocenters. The van der Waals surface area contributed by atoms with E-state index in [-0.39, 0.29) is 18.0 Å². The maximum atomic E-state index is 12.2. The molecule has 0 aliphatic carbocycles. The van der Waals surface area contributed by atoms with Gasteiger partial charge in [-0.3, -0.25) is 19.0 Å². The van der Waals surface area contributed by atoms with Gasteiger partial charge < -0.3 is 10.2 Å². The molecule has 3 heterocycles. The first-order chi connectivity index (χ1) is 12.8. The predicted octanol–water partition coefficient (Wildman–Crippen LogP) is 2.08. The topological polar surface area (TPSA) is 97.2 Å². The molecule has 3 aromatic rings. The normalized spacial score (nSPS) is 10.6. The number of thiazole rings is 1. The maximum Gasteiger partial charge on any atom is 0.265 e. The molecule has 8 nitrogen and oxygen atoms in total. The number of carbonyl (C=O) groups is 2. The minimum atomic E-state index is -0.416. The van der Waals surface area contributed by atoms with E-state index in [1.54, 1.807) is 21.0 Å². The number of aromatic nitrogens is 3. The Kier molecular flexibility index (Phi) is 5.47. The van der Waals surface area contributed by atoms with Crippen molar-refractivity contribution in [2.75, 3.05) is 19.4 Å². The summed E-state index contributed by atoms with van der Waals surface area (Å²) in [5, 5.41) is 4.85. The molecule has 10 heteroatoms. The molecule has 3 aromatic heterocycles. The average molecular weight is 403 g/mol. The Hall–Kier alpha value is -2.85. The van der Waals surface area contributed by atoms with Crippen molar-refractivity contribution in [3.63, 3.8) is 0 Å². The van der Waals surface area contributed by atoms with Crippen LogP contribution in [0.15, 0.2) is 34.7 Å². The number of nitrogens with one attached hydrogen (secondary N) is 1. The van der Waals surface area contributed by atoms with Crippen LogP contribution in [0.5, 0.6) is 0 Å². The van der Waals surface area contributed by atoms with Gasteiger partial charge in [0.1, 0.15) is 11.4 Å². The van der Waals surface area contributed by atoms with E-state index in [0.29, 0.717) is 21.4 Å². The fourth-order valence-corrected chi connectivity index (χ4v) is 3.97. The summed E-state index contributed by atoms with van der Waals surface area (Å²) in [7, 11) is 3.30. The lowest BCUT2D eigenvalue weighted by atomic mass is 10.3. The van der Waals surface area contributed by atoms with E-state index < -0.39 is 5.91 Å². The molecule has 0 bridgehead atoms. The van der Waals surface area contributed by atoms with E-state index in [2.05, 4.69) is 15.3 Å². The van der Waals surface area contributed by atoms with Gasteiger partial charge in [0.25, 0.3) is 11.5 Å². The monoisotopic (exact) mass is 403 g/mol. The van der Waals surface area contributed by atoms with Crippen LogP contribution in [0.25, 0.3) is 10.6 Å². The summed E-state index contributed by atoms with van der Waals surface area (Å²) in [6, 6.07) is 5.16. The Labute approximate surface area is 163 Å². The van der Waals surface area contributed by atoms with Gasteiger partial charge in [-0.1, -0.05) is 17.4 Å². The Balaban J connectivity index is 1.70. The number of rotatable bonds is 5. The SMILES string of the molecule is Cc1nc(NC(=O)Cn2cnc(-c3cccs3)cc2=O)sc1C(=O)N(C)C. The van der Waals surface area contributed by atoms with Crippen LogP contribution in [-0.4, -0.2) is 45.3 Å². The van der Waals surface area contributed by atoms with Crippen LogP contribution in [0.2, 0.25) is 0 Å². The van der Waals surface area contributed by atoms with Crippen molar-refractivity contribution in [3.05, 3.63) is 50.8 Å². The second-order valence-corrected chi connectivity index (χ2v) is 7.85. The van der Waals surface area contributed by atoms with Crippen molar-refractivity contribution >= 4 is 39.6 Å². The first-order valence-corrected chi connectivity index (χ1v) is 9.64. The summed E-state index contributed by atoms with van der Waals surface area (Å²) in [6.45, 7) is 1.52. The predicted molar refractivity (Wildman–Crippen MR) is 105 cm³/mol. The Morgan fingerprint density at radius 2 is 2.11 bits per heavy atom. The van der Waals surface area contributed by atoms with Crippen molar-refractivity contribution in [2.45, 2.75) is 13.5 Å². The van der Waals surface area contributed by atoms with Gasteiger partial charge in [-0.2, -0.15) is 0 Å². The third kappa shape index (κ3) is 4.29. The van der Waals surface area contributed by atoms with E-state index in [9.17, 15) is 14.4 Å². The van der Waals surface area contributed by atoms with E-state index in [1.165, 1.54) is 33.2 Å². The molecule has 0 aliphatic heterocycles. The lowest BCUT2D eigenvalue weighted by molar-refractivity contribution is -0.116. The molecule has 0 aliphatic rings. The molecule has 0 saturated heterocycles. The number of thiophene rings is 1. The second kappa shape index (κ2) is 7.80. The van der Waals surface area contributed by atoms with E-state index >= 15 is 0 Å². The van der Waals surface area contributed by atoms with Crippen LogP contribution in [0, 0.1) is 6.92 Å². The Morgan fingerprint density at radius 1 is 1.33 bits per heavy atom. The summed E-state index contributed by atoms with van der Waals surface area (Å²) in [6.07, 6.45) is 1.35. The van der Waals surface area contributed by atoms with Gasteiger partial charge in [0.2, 0.25) is 5.91 Å². The van der Waals surface area contributed by atoms with Crippen LogP contribution in [0.3, 0.4) is 0 Å². The van der Waals surface area contributed by atoms with Gasteiger partial charge in [-0.15, -0.1) is 11.3 Å². The van der Waals surface area contributed by atoms with Crippen LogP contribution in [0.1, 0.15) is 15.4 Å². The van der Waals surface area contributed by atoms with Crippen molar-refractivity contribution < 1.29 is 9.59 Å². The average Bonchev–Trinajstić information content (AvgIpc) is 3.26. The lowest BCUT2D eigenvalue weighted by Gasteiger charge is -2.07. The number of hydrogen-bond acceptors (Lipinski definition) is 7. The van der Waals surface area contributed by atoms with Crippen molar-refractivity contribution in [1.29, 1.82) is 0 Å². The van der Waals surface area contributed by atoms with Gasteiger partial charge in [0, 0.05) is 20.2 Å². The first kappa shape index (κ1) is 18.9. The van der Waals surface area contributed by atoms with E-state index in [1.807, 2.05) is 17.5 Å². The minimum Gasteiger partial charge on any atom is -0.344 e. The van der Waals surface area contributed by atoms with E-state index in [4.69, 9.17) is 0 Å². The minimum absolute atomic E-state index is 0.171. The van der Waals surface area contributed by atoms with Crippen molar-refractivity contribution in [1.82, 2.24) is 19.4 Å². The van der Waals surface area contributed by atoms with Crippen LogP contribution in [-0.2, 0) is 11.3 Å². The smallest absolute Gasteiger partial charge is 0.265 e. The molecule has 0 radical (unpaired) electrons. The first-order valence-electron chi connectivity index (χ1n) is 7.94. The number of nitrogens with zero attached hydrogens (tertiary/aromatic N) is 4. The quantitative estimate of drug-likeness (QED) is 0.703. The third-order valence-electron chi connectivity index (χ3n) is 3.61. The molecule has 27 heavy (non-hydrogen) atoms. The van der Waals surface area contributed by atoms with Crippen LogP contribution >= 0.6 is 22.7 Å². The zero-order valence-electron chi connectivity index (χ0n) is 14.9. The van der Waals surface area contributed by atoms with Gasteiger partial charge in [0.15, 0.2) is 5.13 Å². The summed E-state index contributed by atoms with van der Waals surface area (Å²) in [5.41, 5.74) is 0.810. The zero-order chi connectivity index (χ0) is 19.6. The van der Waals surface area contributed by atoms with Crippen molar-refractivity contribution in [2.24, 2.45) is 0 Å². The standard InChI is InChI=1S/C17H17N5O3S2/c1-10-15(16(25)21(2)3)27-17(19-10)20-13(23)8-22-9-18-11(7-14(22)24)12-5-4-6-26-12/h4-7,9H,8H2,1-3H3,(H,19,20,23). The third-order valence-corrected chi connectivity index (χ3v) is 5.56. The molecular formula is C17H17N5O3S2. The van der Waals surface area contributed by atoms with Gasteiger partial charge in [0.05, 0.1) is 22.6 Å².